The molecule has 5 rings (SSSR count). The van der Waals surface area contributed by atoms with Gasteiger partial charge in [0, 0.05) is 32.8 Å². The van der Waals surface area contributed by atoms with Gasteiger partial charge in [-0.1, -0.05) is 39.7 Å². The van der Waals surface area contributed by atoms with Gasteiger partial charge in [-0.2, -0.15) is 8.42 Å². The van der Waals surface area contributed by atoms with E-state index in [1.165, 1.54) is 24.3 Å². The first kappa shape index (κ1) is 25.6. The maximum absolute atomic E-state index is 13.4. The Hall–Kier alpha value is -4.00. The molecule has 0 aliphatic carbocycles. The Balaban J connectivity index is 1.59. The van der Waals surface area contributed by atoms with Crippen LogP contribution in [-0.4, -0.2) is 30.8 Å². The first-order valence-corrected chi connectivity index (χ1v) is 13.6. The SMILES string of the molecule is COc1ccc(-c2cc(-c3ccc(Br)cc3)nc(NS(=O)(=O)c3c([O-])on[n+]3-c3ccc(Cl)cc3)n2)cc1. The van der Waals surface area contributed by atoms with Crippen molar-refractivity contribution in [3.8, 4) is 39.9 Å². The molecule has 0 saturated carbocycles. The summed E-state index contributed by atoms with van der Waals surface area (Å²) in [6.45, 7) is 0. The van der Waals surface area contributed by atoms with Crippen molar-refractivity contribution in [2.45, 2.75) is 5.03 Å². The summed E-state index contributed by atoms with van der Waals surface area (Å²) in [5.41, 5.74) is 2.56. The summed E-state index contributed by atoms with van der Waals surface area (Å²) >= 11 is 9.33. The van der Waals surface area contributed by atoms with Crippen LogP contribution in [0.3, 0.4) is 0 Å². The molecule has 0 unspecified atom stereocenters. The standard InChI is InChI=1S/C25H17BrClN5O5S/c1-36-20-12-4-16(5-13-20)22-14-21(15-2-6-17(26)7-3-15)28-25(29-22)30-38(34,35)23-24(33)37-31-32(23)19-10-8-18(27)9-11-19/h2-14H,1H3,(H-,28,29,30,31,33). The number of aromatic nitrogens is 4. The number of hydrogen-bond donors (Lipinski definition) is 1. The Kier molecular flexibility index (Phi) is 7.02. The van der Waals surface area contributed by atoms with Crippen molar-refractivity contribution in [2.24, 2.45) is 0 Å². The lowest BCUT2D eigenvalue weighted by Gasteiger charge is -2.10. The first-order chi connectivity index (χ1) is 18.2. The molecule has 0 aliphatic heterocycles. The highest BCUT2D eigenvalue weighted by atomic mass is 79.9. The Morgan fingerprint density at radius 2 is 1.53 bits per heavy atom. The minimum Gasteiger partial charge on any atom is -0.538 e. The van der Waals surface area contributed by atoms with Gasteiger partial charge in [0.05, 0.1) is 23.8 Å². The van der Waals surface area contributed by atoms with Crippen LogP contribution in [0, 0.1) is 0 Å². The summed E-state index contributed by atoms with van der Waals surface area (Å²) in [7, 11) is -2.99. The molecule has 10 nitrogen and oxygen atoms in total. The predicted octanol–water partition coefficient (Wildman–Crippen LogP) is 4.37. The second-order valence-electron chi connectivity index (χ2n) is 7.86. The van der Waals surface area contributed by atoms with E-state index in [2.05, 4.69) is 40.4 Å². The molecule has 0 saturated heterocycles. The Bertz CT molecular complexity index is 1710. The molecule has 38 heavy (non-hydrogen) atoms. The van der Waals surface area contributed by atoms with E-state index in [-0.39, 0.29) is 11.6 Å². The molecular formula is C25H17BrClN5O5S. The lowest BCUT2D eigenvalue weighted by Crippen LogP contribution is -2.40. The number of anilines is 1. The average Bonchev–Trinajstić information content (AvgIpc) is 3.31. The number of halogens is 2. The van der Waals surface area contributed by atoms with Gasteiger partial charge < -0.3 is 14.4 Å². The number of methoxy groups -OCH3 is 1. The van der Waals surface area contributed by atoms with Gasteiger partial charge in [-0.05, 0) is 59.3 Å². The van der Waals surface area contributed by atoms with E-state index in [9.17, 15) is 13.5 Å². The van der Waals surface area contributed by atoms with Crippen LogP contribution < -0.4 is 19.2 Å². The molecule has 5 aromatic rings. The number of benzene rings is 3. The zero-order valence-corrected chi connectivity index (χ0v) is 22.7. The molecule has 13 heteroatoms. The topological polar surface area (TPSA) is 134 Å². The summed E-state index contributed by atoms with van der Waals surface area (Å²) in [6, 6.07) is 22.2. The maximum Gasteiger partial charge on any atom is 0.373 e. The van der Waals surface area contributed by atoms with Crippen LogP contribution in [0.25, 0.3) is 28.2 Å². The third-order valence-corrected chi connectivity index (χ3v) is 7.46. The number of ether oxygens (including phenoxy) is 1. The fourth-order valence-corrected chi connectivity index (χ4v) is 4.99. The molecule has 3 aromatic carbocycles. The van der Waals surface area contributed by atoms with Crippen molar-refractivity contribution < 1.29 is 27.5 Å². The lowest BCUT2D eigenvalue weighted by molar-refractivity contribution is -0.706. The average molecular weight is 615 g/mol. The molecule has 1 N–H and O–H groups in total. The number of nitrogens with zero attached hydrogens (tertiary/aromatic N) is 4. The molecule has 0 spiro atoms. The molecule has 2 heterocycles. The van der Waals surface area contributed by atoms with Gasteiger partial charge in [0.25, 0.3) is 0 Å². The Morgan fingerprint density at radius 1 is 0.947 bits per heavy atom. The van der Waals surface area contributed by atoms with Gasteiger partial charge in [-0.15, -0.1) is 0 Å². The summed E-state index contributed by atoms with van der Waals surface area (Å²) in [4.78, 5) is 8.82. The second-order valence-corrected chi connectivity index (χ2v) is 10.8. The summed E-state index contributed by atoms with van der Waals surface area (Å²) < 4.78 is 40.8. The molecular weight excluding hydrogens is 598 g/mol. The van der Waals surface area contributed by atoms with E-state index >= 15 is 0 Å². The molecule has 0 aliphatic rings. The number of rotatable bonds is 7. The fourth-order valence-electron chi connectivity index (χ4n) is 3.55. The molecule has 0 radical (unpaired) electrons. The van der Waals surface area contributed by atoms with Crippen LogP contribution in [0.5, 0.6) is 11.7 Å². The van der Waals surface area contributed by atoms with E-state index in [1.54, 1.807) is 37.4 Å². The predicted molar refractivity (Wildman–Crippen MR) is 140 cm³/mol. The highest BCUT2D eigenvalue weighted by Gasteiger charge is 2.34. The van der Waals surface area contributed by atoms with Crippen LogP contribution in [0.4, 0.5) is 5.95 Å². The quantitative estimate of drug-likeness (QED) is 0.267. The summed E-state index contributed by atoms with van der Waals surface area (Å²) in [6.07, 6.45) is 0. The van der Waals surface area contributed by atoms with Gasteiger partial charge in [0.2, 0.25) is 11.6 Å². The summed E-state index contributed by atoms with van der Waals surface area (Å²) in [5, 5.41) is 15.7. The van der Waals surface area contributed by atoms with Crippen molar-refractivity contribution in [1.29, 1.82) is 0 Å². The third-order valence-electron chi connectivity index (χ3n) is 5.38. The van der Waals surface area contributed by atoms with Crippen LogP contribution in [0.1, 0.15) is 0 Å². The van der Waals surface area contributed by atoms with E-state index in [0.717, 1.165) is 14.7 Å². The minimum absolute atomic E-state index is 0.250. The first-order valence-electron chi connectivity index (χ1n) is 10.9. The van der Waals surface area contributed by atoms with E-state index in [0.29, 0.717) is 27.7 Å². The highest BCUT2D eigenvalue weighted by Crippen LogP contribution is 2.29. The van der Waals surface area contributed by atoms with E-state index in [1.807, 2.05) is 24.3 Å². The third kappa shape index (κ3) is 5.32. The van der Waals surface area contributed by atoms with Gasteiger partial charge in [0.15, 0.2) is 5.95 Å². The van der Waals surface area contributed by atoms with Gasteiger partial charge in [0.1, 0.15) is 5.75 Å². The fraction of sp³-hybridized carbons (Fsp3) is 0.0400. The second kappa shape index (κ2) is 10.4. The van der Waals surface area contributed by atoms with Crippen LogP contribution >= 0.6 is 27.5 Å². The largest absolute Gasteiger partial charge is 0.538 e. The van der Waals surface area contributed by atoms with Crippen molar-refractivity contribution in [2.75, 3.05) is 11.8 Å². The smallest absolute Gasteiger partial charge is 0.373 e. The number of hydrogen-bond acceptors (Lipinski definition) is 8. The molecule has 192 valence electrons. The van der Waals surface area contributed by atoms with Crippen molar-refractivity contribution >= 4 is 43.5 Å². The van der Waals surface area contributed by atoms with Gasteiger partial charge in [-0.25, -0.2) is 14.7 Å². The van der Waals surface area contributed by atoms with Gasteiger partial charge >= 0.3 is 15.0 Å². The van der Waals surface area contributed by atoms with E-state index < -0.39 is 21.0 Å². The lowest BCUT2D eigenvalue weighted by atomic mass is 10.1. The Labute approximate surface area is 230 Å². The number of sulfonamides is 1. The molecule has 2 aromatic heterocycles. The zero-order chi connectivity index (χ0) is 26.9. The summed E-state index contributed by atoms with van der Waals surface area (Å²) in [5.74, 6) is -0.759. The highest BCUT2D eigenvalue weighted by molar-refractivity contribution is 9.10. The molecule has 0 fully saturated rings. The minimum atomic E-state index is -4.55. The zero-order valence-electron chi connectivity index (χ0n) is 19.5. The van der Waals surface area contributed by atoms with Crippen molar-refractivity contribution in [3.63, 3.8) is 0 Å². The van der Waals surface area contributed by atoms with Crippen molar-refractivity contribution in [3.05, 3.63) is 88.4 Å². The molecule has 0 bridgehead atoms. The van der Waals surface area contributed by atoms with Crippen molar-refractivity contribution in [1.82, 2.24) is 15.2 Å². The van der Waals surface area contributed by atoms with Crippen LogP contribution in [-0.2, 0) is 10.0 Å². The Morgan fingerprint density at radius 3 is 2.11 bits per heavy atom. The monoisotopic (exact) mass is 613 g/mol. The molecule has 0 atom stereocenters. The van der Waals surface area contributed by atoms with Crippen LogP contribution in [0.15, 0.2) is 92.9 Å². The maximum atomic E-state index is 13.4. The van der Waals surface area contributed by atoms with E-state index in [4.69, 9.17) is 16.3 Å². The van der Waals surface area contributed by atoms with Crippen LogP contribution in [0.2, 0.25) is 5.02 Å². The molecule has 0 amide bonds. The van der Waals surface area contributed by atoms with Gasteiger partial charge in [-0.3, -0.25) is 0 Å². The normalized spacial score (nSPS) is 11.3. The number of nitrogens with one attached hydrogen (secondary N) is 1.